The molecule has 2 unspecified atom stereocenters. The number of aromatic nitrogens is 1. The van der Waals surface area contributed by atoms with Gasteiger partial charge in [-0.1, -0.05) is 13.0 Å². The molecule has 2 N–H and O–H groups in total. The van der Waals surface area contributed by atoms with E-state index in [0.717, 1.165) is 25.3 Å². The molecule has 2 heterocycles. The van der Waals surface area contributed by atoms with Gasteiger partial charge < -0.3 is 15.4 Å². The molecule has 1 aliphatic heterocycles. The van der Waals surface area contributed by atoms with Gasteiger partial charge in [-0.25, -0.2) is 4.98 Å². The summed E-state index contributed by atoms with van der Waals surface area (Å²) in [5.74, 6) is 2.14. The van der Waals surface area contributed by atoms with Gasteiger partial charge in [-0.3, -0.25) is 0 Å². The van der Waals surface area contributed by atoms with E-state index in [2.05, 4.69) is 16.8 Å². The Hall–Kier alpha value is -1.29. The Labute approximate surface area is 96.4 Å². The lowest BCUT2D eigenvalue weighted by Crippen LogP contribution is -2.44. The molecule has 1 aromatic heterocycles. The molecule has 2 rings (SSSR count). The molecule has 1 aromatic rings. The van der Waals surface area contributed by atoms with Crippen molar-refractivity contribution < 1.29 is 4.74 Å². The van der Waals surface area contributed by atoms with Gasteiger partial charge in [-0.2, -0.15) is 0 Å². The molecule has 1 saturated heterocycles. The second-order valence-electron chi connectivity index (χ2n) is 4.41. The van der Waals surface area contributed by atoms with Crippen LogP contribution in [0.15, 0.2) is 18.2 Å². The number of rotatable bonds is 2. The highest BCUT2D eigenvalue weighted by Gasteiger charge is 2.26. The standard InChI is InChI=1S/C12H19N3O/c1-9-6-7-15(8-10(9)16-2)12-5-3-4-11(13)14-12/h3-5,9-10H,6-8H2,1-2H3,(H2,13,14). The number of nitrogens with two attached hydrogens (primary N) is 1. The predicted molar refractivity (Wildman–Crippen MR) is 65.4 cm³/mol. The number of ether oxygens (including phenoxy) is 1. The molecule has 0 radical (unpaired) electrons. The third-order valence-electron chi connectivity index (χ3n) is 3.27. The summed E-state index contributed by atoms with van der Waals surface area (Å²) in [6.45, 7) is 4.16. The Morgan fingerprint density at radius 3 is 3.00 bits per heavy atom. The maximum atomic E-state index is 5.69. The van der Waals surface area contributed by atoms with E-state index in [1.807, 2.05) is 18.2 Å². The molecule has 0 saturated carbocycles. The number of anilines is 2. The second kappa shape index (κ2) is 4.70. The van der Waals surface area contributed by atoms with Gasteiger partial charge in [0, 0.05) is 20.2 Å². The lowest BCUT2D eigenvalue weighted by atomic mass is 9.96. The lowest BCUT2D eigenvalue weighted by Gasteiger charge is -2.36. The molecule has 0 amide bonds. The van der Waals surface area contributed by atoms with Crippen LogP contribution in [0.2, 0.25) is 0 Å². The van der Waals surface area contributed by atoms with Crippen LogP contribution in [0.4, 0.5) is 11.6 Å². The van der Waals surface area contributed by atoms with Crippen molar-refractivity contribution in [2.24, 2.45) is 5.92 Å². The summed E-state index contributed by atoms with van der Waals surface area (Å²) in [6, 6.07) is 5.75. The van der Waals surface area contributed by atoms with Crippen LogP contribution in [0.5, 0.6) is 0 Å². The molecule has 0 aliphatic carbocycles. The van der Waals surface area contributed by atoms with Crippen molar-refractivity contribution in [2.45, 2.75) is 19.4 Å². The van der Waals surface area contributed by atoms with Gasteiger partial charge in [-0.05, 0) is 24.5 Å². The first-order valence-electron chi connectivity index (χ1n) is 5.71. The number of nitrogen functional groups attached to an aromatic ring is 1. The van der Waals surface area contributed by atoms with E-state index in [1.54, 1.807) is 7.11 Å². The highest BCUT2D eigenvalue weighted by atomic mass is 16.5. The fourth-order valence-electron chi connectivity index (χ4n) is 2.16. The van der Waals surface area contributed by atoms with Crippen molar-refractivity contribution in [3.8, 4) is 0 Å². The van der Waals surface area contributed by atoms with Crippen LogP contribution in [0.1, 0.15) is 13.3 Å². The molecular weight excluding hydrogens is 202 g/mol. The Kier molecular flexibility index (Phi) is 3.29. The summed E-state index contributed by atoms with van der Waals surface area (Å²) in [6.07, 6.45) is 1.42. The maximum Gasteiger partial charge on any atom is 0.131 e. The molecule has 1 aliphatic rings. The summed E-state index contributed by atoms with van der Waals surface area (Å²) in [5, 5.41) is 0. The van der Waals surface area contributed by atoms with Crippen LogP contribution in [-0.2, 0) is 4.74 Å². The van der Waals surface area contributed by atoms with E-state index in [0.29, 0.717) is 11.7 Å². The molecule has 0 aromatic carbocycles. The molecule has 88 valence electrons. The van der Waals surface area contributed by atoms with Gasteiger partial charge in [0.1, 0.15) is 11.6 Å². The highest BCUT2D eigenvalue weighted by Crippen LogP contribution is 2.23. The van der Waals surface area contributed by atoms with Gasteiger partial charge in [0.25, 0.3) is 0 Å². The minimum atomic E-state index is 0.289. The average molecular weight is 221 g/mol. The summed E-state index contributed by atoms with van der Waals surface area (Å²) in [4.78, 5) is 6.58. The van der Waals surface area contributed by atoms with Crippen LogP contribution < -0.4 is 10.6 Å². The van der Waals surface area contributed by atoms with E-state index in [9.17, 15) is 0 Å². The first-order chi connectivity index (χ1) is 7.70. The van der Waals surface area contributed by atoms with Gasteiger partial charge in [0.05, 0.1) is 6.10 Å². The number of hydrogen-bond donors (Lipinski definition) is 1. The van der Waals surface area contributed by atoms with Gasteiger partial charge in [-0.15, -0.1) is 0 Å². The zero-order chi connectivity index (χ0) is 11.5. The quantitative estimate of drug-likeness (QED) is 0.822. The number of methoxy groups -OCH3 is 1. The van der Waals surface area contributed by atoms with Gasteiger partial charge in [0.2, 0.25) is 0 Å². The van der Waals surface area contributed by atoms with E-state index in [1.165, 1.54) is 0 Å². The number of nitrogens with zero attached hydrogens (tertiary/aromatic N) is 2. The maximum absolute atomic E-state index is 5.69. The molecule has 1 fully saturated rings. The minimum Gasteiger partial charge on any atom is -0.384 e. The Balaban J connectivity index is 2.11. The largest absolute Gasteiger partial charge is 0.384 e. The van der Waals surface area contributed by atoms with Crippen molar-refractivity contribution in [1.29, 1.82) is 0 Å². The average Bonchev–Trinajstić information content (AvgIpc) is 2.29. The Bertz CT molecular complexity index is 356. The molecule has 4 heteroatoms. The third-order valence-corrected chi connectivity index (χ3v) is 3.27. The first-order valence-corrected chi connectivity index (χ1v) is 5.71. The van der Waals surface area contributed by atoms with Gasteiger partial charge in [0.15, 0.2) is 0 Å². The van der Waals surface area contributed by atoms with Crippen molar-refractivity contribution in [1.82, 2.24) is 4.98 Å². The van der Waals surface area contributed by atoms with E-state index < -0.39 is 0 Å². The summed E-state index contributed by atoms with van der Waals surface area (Å²) in [7, 11) is 1.78. The number of hydrogen-bond acceptors (Lipinski definition) is 4. The zero-order valence-corrected chi connectivity index (χ0v) is 9.89. The molecular formula is C12H19N3O. The molecule has 0 spiro atoms. The smallest absolute Gasteiger partial charge is 0.131 e. The predicted octanol–water partition coefficient (Wildman–Crippen LogP) is 1.52. The van der Waals surface area contributed by atoms with E-state index in [4.69, 9.17) is 10.5 Å². The summed E-state index contributed by atoms with van der Waals surface area (Å²) in [5.41, 5.74) is 5.69. The van der Waals surface area contributed by atoms with Crippen molar-refractivity contribution in [3.05, 3.63) is 18.2 Å². The van der Waals surface area contributed by atoms with Crippen LogP contribution in [0.25, 0.3) is 0 Å². The van der Waals surface area contributed by atoms with Crippen LogP contribution >= 0.6 is 0 Å². The van der Waals surface area contributed by atoms with Crippen molar-refractivity contribution in [3.63, 3.8) is 0 Å². The summed E-state index contributed by atoms with van der Waals surface area (Å²) < 4.78 is 5.48. The Morgan fingerprint density at radius 1 is 1.50 bits per heavy atom. The van der Waals surface area contributed by atoms with E-state index >= 15 is 0 Å². The Morgan fingerprint density at radius 2 is 2.31 bits per heavy atom. The molecule has 4 nitrogen and oxygen atoms in total. The highest BCUT2D eigenvalue weighted by molar-refractivity contribution is 5.45. The van der Waals surface area contributed by atoms with Crippen LogP contribution in [0.3, 0.4) is 0 Å². The fourth-order valence-corrected chi connectivity index (χ4v) is 2.16. The molecule has 2 atom stereocenters. The van der Waals surface area contributed by atoms with Crippen LogP contribution in [0, 0.1) is 5.92 Å². The molecule has 16 heavy (non-hydrogen) atoms. The summed E-state index contributed by atoms with van der Waals surface area (Å²) >= 11 is 0. The number of pyridine rings is 1. The molecule has 0 bridgehead atoms. The van der Waals surface area contributed by atoms with E-state index in [-0.39, 0.29) is 6.10 Å². The lowest BCUT2D eigenvalue weighted by molar-refractivity contribution is 0.0496. The minimum absolute atomic E-state index is 0.289. The van der Waals surface area contributed by atoms with Crippen molar-refractivity contribution in [2.75, 3.05) is 30.8 Å². The fraction of sp³-hybridized carbons (Fsp3) is 0.583. The zero-order valence-electron chi connectivity index (χ0n) is 9.89. The number of piperidine rings is 1. The normalized spacial score (nSPS) is 25.8. The monoisotopic (exact) mass is 221 g/mol. The third kappa shape index (κ3) is 2.27. The van der Waals surface area contributed by atoms with Crippen LogP contribution in [-0.4, -0.2) is 31.3 Å². The van der Waals surface area contributed by atoms with Gasteiger partial charge >= 0.3 is 0 Å². The SMILES string of the molecule is COC1CN(c2cccc(N)n2)CCC1C. The topological polar surface area (TPSA) is 51.4 Å². The second-order valence-corrected chi connectivity index (χ2v) is 4.41. The van der Waals surface area contributed by atoms with Crippen molar-refractivity contribution >= 4 is 11.6 Å². The first kappa shape index (κ1) is 11.2.